The van der Waals surface area contributed by atoms with Crippen molar-refractivity contribution in [3.05, 3.63) is 59.7 Å². The van der Waals surface area contributed by atoms with Crippen molar-refractivity contribution in [1.29, 1.82) is 0 Å². The minimum atomic E-state index is -0.332. The summed E-state index contributed by atoms with van der Waals surface area (Å²) in [6.45, 7) is 1.20. The summed E-state index contributed by atoms with van der Waals surface area (Å²) in [4.78, 5) is 13.7. The van der Waals surface area contributed by atoms with Gasteiger partial charge in [-0.1, -0.05) is 41.9 Å². The van der Waals surface area contributed by atoms with Crippen LogP contribution in [0.1, 0.15) is 11.1 Å². The predicted octanol–water partition coefficient (Wildman–Crippen LogP) is 1.99. The van der Waals surface area contributed by atoms with Crippen molar-refractivity contribution in [3.8, 4) is 5.75 Å². The molecule has 0 N–H and O–H groups in total. The molecule has 0 saturated carbocycles. The van der Waals surface area contributed by atoms with Gasteiger partial charge in [0.1, 0.15) is 13.6 Å². The highest BCUT2D eigenvalue weighted by Crippen LogP contribution is 2.23. The van der Waals surface area contributed by atoms with Crippen molar-refractivity contribution in [2.75, 3.05) is 0 Å². The molecule has 2 aromatic rings. The third-order valence-corrected chi connectivity index (χ3v) is 3.18. The smallest absolute Gasteiger partial charge is 0.410 e. The van der Waals surface area contributed by atoms with Gasteiger partial charge in [-0.15, -0.1) is 0 Å². The molecule has 0 fully saturated rings. The van der Waals surface area contributed by atoms with Crippen LogP contribution in [0, 0.1) is 0 Å². The average Bonchev–Trinajstić information content (AvgIpc) is 2.85. The Labute approximate surface area is 113 Å². The molecule has 2 aromatic carbocycles. The Morgan fingerprint density at radius 3 is 2.16 bits per heavy atom. The van der Waals surface area contributed by atoms with E-state index < -0.39 is 0 Å². The van der Waals surface area contributed by atoms with E-state index >= 15 is 0 Å². The molecular formula is C15H12BNO2. The molecule has 92 valence electrons. The Hall–Kier alpha value is -2.23. The summed E-state index contributed by atoms with van der Waals surface area (Å²) in [5, 5.41) is 0. The fourth-order valence-corrected chi connectivity index (χ4v) is 2.16. The molecule has 0 unspecified atom stereocenters. The summed E-state index contributed by atoms with van der Waals surface area (Å²) in [6.07, 6.45) is -0.332. The van der Waals surface area contributed by atoms with Crippen LogP contribution in [0.5, 0.6) is 5.75 Å². The number of carbonyl (C=O) groups is 1. The molecular weight excluding hydrogens is 237 g/mol. The lowest BCUT2D eigenvalue weighted by atomic mass is 9.97. The van der Waals surface area contributed by atoms with Gasteiger partial charge < -0.3 is 4.74 Å². The highest BCUT2D eigenvalue weighted by molar-refractivity contribution is 6.32. The molecule has 0 spiro atoms. The molecule has 1 aliphatic rings. The minimum absolute atomic E-state index is 0.332. The van der Waals surface area contributed by atoms with Gasteiger partial charge in [0.2, 0.25) is 0 Å². The summed E-state index contributed by atoms with van der Waals surface area (Å²) < 4.78 is 5.32. The first-order chi connectivity index (χ1) is 9.22. The second-order valence-corrected chi connectivity index (χ2v) is 4.56. The van der Waals surface area contributed by atoms with Crippen molar-refractivity contribution in [3.63, 3.8) is 0 Å². The lowest BCUT2D eigenvalue weighted by Gasteiger charge is -2.15. The zero-order valence-corrected chi connectivity index (χ0v) is 10.4. The van der Waals surface area contributed by atoms with Crippen LogP contribution in [-0.4, -0.2) is 18.8 Å². The van der Waals surface area contributed by atoms with E-state index in [9.17, 15) is 4.79 Å². The van der Waals surface area contributed by atoms with E-state index in [0.717, 1.165) is 0 Å². The minimum Gasteiger partial charge on any atom is -0.410 e. The number of fused-ring (bicyclic) bond motifs is 1. The molecule has 0 aromatic heterocycles. The van der Waals surface area contributed by atoms with Crippen molar-refractivity contribution in [2.45, 2.75) is 13.1 Å². The maximum atomic E-state index is 12.0. The Bertz CT molecular complexity index is 585. The first-order valence-corrected chi connectivity index (χ1v) is 6.11. The average molecular weight is 249 g/mol. The molecule has 0 saturated heterocycles. The maximum Gasteiger partial charge on any atom is 0.415 e. The standard InChI is InChI=1S/C15H12BNO2/c16-13-5-7-14(8-6-13)19-15(18)17-9-11-3-1-2-4-12(11)10-17/h1-8H,9-10H2. The number of hydrogen-bond acceptors (Lipinski definition) is 2. The fourth-order valence-electron chi connectivity index (χ4n) is 2.16. The molecule has 3 rings (SSSR count). The van der Waals surface area contributed by atoms with Crippen LogP contribution in [-0.2, 0) is 13.1 Å². The van der Waals surface area contributed by atoms with Gasteiger partial charge in [-0.3, -0.25) is 4.90 Å². The zero-order valence-electron chi connectivity index (χ0n) is 10.4. The second-order valence-electron chi connectivity index (χ2n) is 4.56. The van der Waals surface area contributed by atoms with E-state index in [1.54, 1.807) is 29.2 Å². The summed E-state index contributed by atoms with van der Waals surface area (Å²) in [5.74, 6) is 0.509. The molecule has 0 bridgehead atoms. The zero-order chi connectivity index (χ0) is 13.2. The van der Waals surface area contributed by atoms with Gasteiger partial charge >= 0.3 is 6.09 Å². The number of nitrogens with zero attached hydrogens (tertiary/aromatic N) is 1. The third kappa shape index (κ3) is 2.48. The first kappa shape index (κ1) is 11.8. The van der Waals surface area contributed by atoms with Crippen LogP contribution < -0.4 is 10.2 Å². The Morgan fingerprint density at radius 1 is 1.00 bits per heavy atom. The Morgan fingerprint density at radius 2 is 1.58 bits per heavy atom. The topological polar surface area (TPSA) is 29.5 Å². The third-order valence-electron chi connectivity index (χ3n) is 3.18. The largest absolute Gasteiger partial charge is 0.415 e. The predicted molar refractivity (Wildman–Crippen MR) is 73.5 cm³/mol. The number of benzene rings is 2. The number of ether oxygens (including phenoxy) is 1. The number of amides is 1. The van der Waals surface area contributed by atoms with Crippen LogP contribution in [0.15, 0.2) is 48.5 Å². The van der Waals surface area contributed by atoms with E-state index in [-0.39, 0.29) is 6.09 Å². The van der Waals surface area contributed by atoms with Crippen LogP contribution in [0.2, 0.25) is 0 Å². The van der Waals surface area contributed by atoms with Gasteiger partial charge in [0, 0.05) is 13.1 Å². The number of rotatable bonds is 1. The lowest BCUT2D eigenvalue weighted by molar-refractivity contribution is 0.152. The summed E-state index contributed by atoms with van der Waals surface area (Å²) in [6, 6.07) is 14.8. The molecule has 19 heavy (non-hydrogen) atoms. The molecule has 0 aliphatic carbocycles. The number of hydrogen-bond donors (Lipinski definition) is 0. The monoisotopic (exact) mass is 249 g/mol. The normalized spacial score (nSPS) is 13.2. The molecule has 1 heterocycles. The van der Waals surface area contributed by atoms with Gasteiger partial charge in [-0.25, -0.2) is 4.79 Å². The van der Waals surface area contributed by atoms with Gasteiger partial charge in [0.05, 0.1) is 0 Å². The lowest BCUT2D eigenvalue weighted by Crippen LogP contribution is -2.28. The van der Waals surface area contributed by atoms with E-state index in [4.69, 9.17) is 12.6 Å². The van der Waals surface area contributed by atoms with Gasteiger partial charge in [0.15, 0.2) is 0 Å². The van der Waals surface area contributed by atoms with E-state index in [1.807, 2.05) is 24.3 Å². The van der Waals surface area contributed by atoms with Gasteiger partial charge in [0.25, 0.3) is 0 Å². The highest BCUT2D eigenvalue weighted by Gasteiger charge is 2.24. The quantitative estimate of drug-likeness (QED) is 0.723. The van der Waals surface area contributed by atoms with Gasteiger partial charge in [-0.05, 0) is 23.3 Å². The summed E-state index contributed by atoms with van der Waals surface area (Å²) in [7, 11) is 5.59. The Balaban J connectivity index is 1.68. The SMILES string of the molecule is [B]c1ccc(OC(=O)N2Cc3ccccc3C2)cc1. The molecule has 4 heteroatoms. The second kappa shape index (κ2) is 4.80. The van der Waals surface area contributed by atoms with E-state index in [1.165, 1.54) is 11.1 Å². The van der Waals surface area contributed by atoms with Crippen molar-refractivity contribution >= 4 is 19.4 Å². The van der Waals surface area contributed by atoms with Crippen LogP contribution in [0.25, 0.3) is 0 Å². The Kier molecular flexibility index (Phi) is 2.99. The first-order valence-electron chi connectivity index (χ1n) is 6.11. The van der Waals surface area contributed by atoms with Crippen molar-refractivity contribution in [2.24, 2.45) is 0 Å². The highest BCUT2D eigenvalue weighted by atomic mass is 16.6. The molecule has 1 amide bonds. The molecule has 1 aliphatic heterocycles. The van der Waals surface area contributed by atoms with Crippen molar-refractivity contribution in [1.82, 2.24) is 4.90 Å². The van der Waals surface area contributed by atoms with Crippen molar-refractivity contribution < 1.29 is 9.53 Å². The molecule has 0 atom stereocenters. The van der Waals surface area contributed by atoms with Crippen LogP contribution in [0.4, 0.5) is 4.79 Å². The van der Waals surface area contributed by atoms with E-state index in [2.05, 4.69) is 0 Å². The van der Waals surface area contributed by atoms with Crippen LogP contribution in [0.3, 0.4) is 0 Å². The molecule has 3 nitrogen and oxygen atoms in total. The van der Waals surface area contributed by atoms with Gasteiger partial charge in [-0.2, -0.15) is 0 Å². The summed E-state index contributed by atoms with van der Waals surface area (Å²) in [5.41, 5.74) is 3.00. The van der Waals surface area contributed by atoms with E-state index in [0.29, 0.717) is 24.3 Å². The fraction of sp³-hybridized carbons (Fsp3) is 0.133. The number of carbonyl (C=O) groups excluding carboxylic acids is 1. The maximum absolute atomic E-state index is 12.0. The summed E-state index contributed by atoms with van der Waals surface area (Å²) >= 11 is 0. The molecule has 2 radical (unpaired) electrons. The van der Waals surface area contributed by atoms with Crippen LogP contribution >= 0.6 is 0 Å².